The molecule has 4 nitrogen and oxygen atoms in total. The summed E-state index contributed by atoms with van der Waals surface area (Å²) in [6, 6.07) is 145. The Kier molecular flexibility index (Phi) is 23.5. The minimum absolute atomic E-state index is 0.332. The first-order valence-corrected chi connectivity index (χ1v) is 47.8. The van der Waals surface area contributed by atoms with Crippen LogP contribution in [0.15, 0.2) is 461 Å². The molecule has 24 rings (SSSR count). The Labute approximate surface area is 828 Å². The highest BCUT2D eigenvalue weighted by Crippen LogP contribution is 2.55. The average molecular weight is 1880 g/mol. The lowest BCUT2D eigenvalue weighted by atomic mass is 9.91. The van der Waals surface area contributed by atoms with E-state index < -0.39 is 11.6 Å². The number of hydrogen-bond acceptors (Lipinski definition) is 4. The van der Waals surface area contributed by atoms with Crippen LogP contribution in [0.25, 0.3) is 154 Å². The largest absolute Gasteiger partial charge is 0.307 e. The fourth-order valence-corrected chi connectivity index (χ4v) is 20.5. The molecule has 0 N–H and O–H groups in total. The van der Waals surface area contributed by atoms with Crippen LogP contribution in [-0.4, -0.2) is 0 Å². The predicted molar refractivity (Wildman–Crippen MR) is 581 cm³/mol. The summed E-state index contributed by atoms with van der Waals surface area (Å²) in [5, 5.41) is 11.3. The summed E-state index contributed by atoms with van der Waals surface area (Å²) < 4.78 is 125. The van der Waals surface area contributed by atoms with E-state index in [1.165, 1.54) is 60.7 Å². The highest BCUT2D eigenvalue weighted by atomic mass is 19.2. The van der Waals surface area contributed by atoms with Crippen molar-refractivity contribution in [2.45, 2.75) is 27.7 Å². The topological polar surface area (TPSA) is 13.0 Å². The van der Waals surface area contributed by atoms with E-state index in [0.717, 1.165) is 199 Å². The van der Waals surface area contributed by atoms with E-state index in [2.05, 4.69) is 146 Å². The average Bonchev–Trinajstić information content (AvgIpc) is 0.718. The smallest absolute Gasteiger partial charge is 0.147 e. The molecule has 0 saturated heterocycles. The molecular weight excluding hydrogens is 1790 g/mol. The van der Waals surface area contributed by atoms with Gasteiger partial charge in [0.05, 0.1) is 45.5 Å². The molecule has 692 valence electrons. The molecule has 0 atom stereocenters. The predicted octanol–water partition coefficient (Wildman–Crippen LogP) is 38.7. The highest BCUT2D eigenvalue weighted by molar-refractivity contribution is 6.30. The third-order valence-electron chi connectivity index (χ3n) is 27.4. The van der Waals surface area contributed by atoms with Crippen molar-refractivity contribution in [2.24, 2.45) is 0 Å². The van der Waals surface area contributed by atoms with Crippen LogP contribution >= 0.6 is 0 Å². The number of hydrogen-bond donors (Lipinski definition) is 0. The van der Waals surface area contributed by atoms with Gasteiger partial charge in [0.25, 0.3) is 0 Å². The quantitative estimate of drug-likeness (QED) is 0.0557. The highest BCUT2D eigenvalue weighted by Gasteiger charge is 2.31. The molecule has 144 heavy (non-hydrogen) atoms. The zero-order valence-corrected chi connectivity index (χ0v) is 78.7. The summed E-state index contributed by atoms with van der Waals surface area (Å²) in [6.07, 6.45) is 0. The molecule has 24 aromatic carbocycles. The fraction of sp³-hybridized carbons (Fsp3) is 0.0303. The summed E-state index contributed by atoms with van der Waals surface area (Å²) >= 11 is 0. The van der Waals surface area contributed by atoms with Gasteiger partial charge in [-0.25, -0.2) is 35.1 Å². The molecule has 0 saturated carbocycles. The zero-order chi connectivity index (χ0) is 98.1. The molecule has 0 aliphatic heterocycles. The first-order valence-electron chi connectivity index (χ1n) is 47.8. The molecule has 24 aromatic rings. The van der Waals surface area contributed by atoms with Crippen molar-refractivity contribution in [1.82, 2.24) is 0 Å². The van der Waals surface area contributed by atoms with Crippen molar-refractivity contribution < 1.29 is 35.1 Å². The van der Waals surface area contributed by atoms with Gasteiger partial charge in [0.1, 0.15) is 46.5 Å². The first kappa shape index (κ1) is 89.9. The van der Waals surface area contributed by atoms with Crippen molar-refractivity contribution in [2.75, 3.05) is 19.6 Å². The SMILES string of the molecule is Cc1ccc(F)c(N(c2cc(-c3ccccc3)cc(-c3ccc(F)cc3)c2)c2ccc3ccc4c(N(c5cc(-c6ccccc6)cc(-c6ccc(F)cc6)c5)c5cc(C)ccc5F)ccc5ccc2c3c54)c1.Cc1ccc(N(c2cc(-c3ccccc3)cc(-c3ccc(F)cc3)c2)c2ccc3ccc4c(N(c5cc(-c6ccccc6)cc(-c6ccc(F)cc6)c5)c5ccc(C)cc5F)ccc5ccc2c3c54)c(F)c1. The van der Waals surface area contributed by atoms with Crippen LogP contribution < -0.4 is 19.6 Å². The van der Waals surface area contributed by atoms with Crippen molar-refractivity contribution in [3.8, 4) is 89.0 Å². The maximum Gasteiger partial charge on any atom is 0.147 e. The molecule has 0 aromatic heterocycles. The second-order valence-electron chi connectivity index (χ2n) is 36.9. The molecule has 0 fully saturated rings. The maximum absolute atomic E-state index is 16.8. The van der Waals surface area contributed by atoms with E-state index in [1.54, 1.807) is 72.8 Å². The van der Waals surface area contributed by atoms with E-state index in [-0.39, 0.29) is 34.9 Å². The Morgan fingerprint density at radius 2 is 0.333 bits per heavy atom. The molecule has 0 heterocycles. The Hall–Kier alpha value is -18.0. The molecule has 12 heteroatoms. The number of anilines is 12. The zero-order valence-electron chi connectivity index (χ0n) is 78.7. The van der Waals surface area contributed by atoms with Gasteiger partial charge in [0, 0.05) is 44.3 Å². The van der Waals surface area contributed by atoms with Gasteiger partial charge in [-0.3, -0.25) is 0 Å². The molecule has 0 unspecified atom stereocenters. The second-order valence-corrected chi connectivity index (χ2v) is 36.9. The summed E-state index contributed by atoms with van der Waals surface area (Å²) in [5.41, 5.74) is 24.9. The molecule has 0 amide bonds. The number of benzene rings is 24. The van der Waals surface area contributed by atoms with Gasteiger partial charge in [-0.1, -0.05) is 267 Å². The van der Waals surface area contributed by atoms with Crippen molar-refractivity contribution in [1.29, 1.82) is 0 Å². The van der Waals surface area contributed by atoms with Gasteiger partial charge < -0.3 is 19.6 Å². The molecule has 0 spiro atoms. The maximum atomic E-state index is 16.8. The van der Waals surface area contributed by atoms with Gasteiger partial charge in [0.15, 0.2) is 0 Å². The summed E-state index contributed by atoms with van der Waals surface area (Å²) in [6.45, 7) is 7.66. The van der Waals surface area contributed by atoms with Crippen LogP contribution in [0.3, 0.4) is 0 Å². The summed E-state index contributed by atoms with van der Waals surface area (Å²) in [5.74, 6) is -2.88. The van der Waals surface area contributed by atoms with E-state index in [4.69, 9.17) is 0 Å². The monoisotopic (exact) mass is 1880 g/mol. The third-order valence-corrected chi connectivity index (χ3v) is 27.4. The van der Waals surface area contributed by atoms with E-state index in [9.17, 15) is 17.6 Å². The van der Waals surface area contributed by atoms with Gasteiger partial charge >= 0.3 is 0 Å². The van der Waals surface area contributed by atoms with E-state index >= 15 is 17.6 Å². The Morgan fingerprint density at radius 1 is 0.139 bits per heavy atom. The molecule has 0 radical (unpaired) electrons. The van der Waals surface area contributed by atoms with Crippen LogP contribution in [0.4, 0.5) is 103 Å². The van der Waals surface area contributed by atoms with Crippen LogP contribution in [0.5, 0.6) is 0 Å². The second kappa shape index (κ2) is 37.6. The normalized spacial score (nSPS) is 11.5. The van der Waals surface area contributed by atoms with Crippen molar-refractivity contribution >= 4 is 133 Å². The minimum Gasteiger partial charge on any atom is -0.307 e. The van der Waals surface area contributed by atoms with Gasteiger partial charge in [-0.15, -0.1) is 0 Å². The lowest BCUT2D eigenvalue weighted by molar-refractivity contribution is 0.627. The molecule has 0 aliphatic rings. The number of halogens is 8. The van der Waals surface area contributed by atoms with Crippen molar-refractivity contribution in [3.05, 3.63) is 530 Å². The van der Waals surface area contributed by atoms with Gasteiger partial charge in [0.2, 0.25) is 0 Å². The van der Waals surface area contributed by atoms with Crippen LogP contribution in [0.2, 0.25) is 0 Å². The summed E-state index contributed by atoms with van der Waals surface area (Å²) in [7, 11) is 0. The first-order chi connectivity index (χ1) is 70.3. The number of rotatable bonds is 20. The summed E-state index contributed by atoms with van der Waals surface area (Å²) in [4.78, 5) is 7.96. The van der Waals surface area contributed by atoms with Gasteiger partial charge in [-0.2, -0.15) is 0 Å². The number of nitrogens with zero attached hydrogens (tertiary/aromatic N) is 4. The Bertz CT molecular complexity index is 8490. The Morgan fingerprint density at radius 3 is 0.562 bits per heavy atom. The van der Waals surface area contributed by atoms with E-state index in [0.29, 0.717) is 45.5 Å². The van der Waals surface area contributed by atoms with Gasteiger partial charge in [-0.05, 0) is 376 Å². The molecule has 0 aliphatic carbocycles. The van der Waals surface area contributed by atoms with Crippen LogP contribution in [0.1, 0.15) is 22.3 Å². The number of aryl methyl sites for hydroxylation is 4. The van der Waals surface area contributed by atoms with E-state index in [1.807, 2.05) is 229 Å². The lowest BCUT2D eigenvalue weighted by Gasteiger charge is -2.30. The minimum atomic E-state index is -0.393. The lowest BCUT2D eigenvalue weighted by Crippen LogP contribution is -2.14. The van der Waals surface area contributed by atoms with Crippen LogP contribution in [0, 0.1) is 74.2 Å². The third kappa shape index (κ3) is 17.2. The molecular formula is C132H88F8N4. The fourth-order valence-electron chi connectivity index (χ4n) is 20.5. The van der Waals surface area contributed by atoms with Crippen LogP contribution in [-0.2, 0) is 0 Å². The van der Waals surface area contributed by atoms with Crippen molar-refractivity contribution in [3.63, 3.8) is 0 Å². The molecule has 0 bridgehead atoms. The Balaban J connectivity index is 0.000000159. The standard InChI is InChI=1S/2C66H44F4N2/c1-41-13-29-63(59(69)33-41)71(55-37-49(43-9-5-3-6-10-43)35-51(39-55)45-15-23-53(67)24-16-45)61-31-21-47-20-28-58-62(32-22-48-19-27-57(61)65(47)66(48)58)72(64-30-14-42(2)34-60(64)70)56-38-50(44-11-7-4-8-12-44)36-52(40-56)46-17-25-54(68)26-18-46;1-41-13-29-59(69)63(33-41)71(55-37-49(43-9-5-3-6-10-43)35-51(39-55)45-15-23-53(67)24-16-45)61-31-21-47-20-28-58-62(32-22-48-19-27-57(61)65(47)66(48)58)72(64-34-42(2)14-30-60(64)70)56-38-50(44-11-7-4-8-12-44)36-52(40-56)46-17-25-54(68)26-18-46/h2*3-40H,1-2H3.